The van der Waals surface area contributed by atoms with Gasteiger partial charge >= 0.3 is 11.9 Å². The molecule has 2 unspecified atom stereocenters. The fraction of sp³-hybridized carbons (Fsp3) is 0.750. The molecule has 29 heavy (non-hydrogen) atoms. The van der Waals surface area contributed by atoms with Crippen molar-refractivity contribution in [1.82, 2.24) is 0 Å². The number of aliphatic hydroxyl groups is 1. The molecule has 2 aliphatic carbocycles. The van der Waals surface area contributed by atoms with E-state index in [9.17, 15) is 9.59 Å². The van der Waals surface area contributed by atoms with Crippen molar-refractivity contribution < 1.29 is 42.0 Å². The zero-order chi connectivity index (χ0) is 33.1. The minimum absolute atomic E-state index is 0.00965. The zero-order valence-electron chi connectivity index (χ0n) is 30.5. The summed E-state index contributed by atoms with van der Waals surface area (Å²) in [5.74, 6) is -12.0. The smallest absolute Gasteiger partial charge is 0.308 e. The van der Waals surface area contributed by atoms with Crippen molar-refractivity contribution in [3.63, 3.8) is 0 Å². The van der Waals surface area contributed by atoms with Gasteiger partial charge in [0.05, 0.1) is 22.6 Å². The number of fused-ring (bicyclic) bond motifs is 1. The molecule has 5 heteroatoms. The minimum atomic E-state index is -3.54. The molecule has 0 amide bonds. The lowest BCUT2D eigenvalue weighted by Gasteiger charge is -2.43. The summed E-state index contributed by atoms with van der Waals surface area (Å²) >= 11 is 0. The Kier molecular flexibility index (Phi) is 3.30. The Balaban J connectivity index is 2.24. The SMILES string of the molecule is [2H]O[C@H]1CC(=O)OC(CC[C@@H]2[C@@H]3C(=C([2H])[C@]([2H])(C([2H])([2H])[2H])C([2H])([2H])C3OC(=O)[C@H](CC)C([2H])([2H])[2H])C([2H])=C([2H])[C@]2([2H])C)C1. The van der Waals surface area contributed by atoms with Crippen molar-refractivity contribution in [3.05, 3.63) is 23.7 Å². The van der Waals surface area contributed by atoms with Crippen LogP contribution in [0, 0.1) is 29.5 Å². The lowest BCUT2D eigenvalue weighted by Crippen LogP contribution is -2.42. The minimum Gasteiger partial charge on any atom is -0.462 e. The molecule has 5 nitrogen and oxygen atoms in total. The van der Waals surface area contributed by atoms with Gasteiger partial charge < -0.3 is 14.6 Å². The van der Waals surface area contributed by atoms with E-state index in [1.165, 1.54) is 13.8 Å². The predicted molar refractivity (Wildman–Crippen MR) is 111 cm³/mol. The maximum absolute atomic E-state index is 13.3. The Morgan fingerprint density at radius 1 is 1.59 bits per heavy atom. The quantitative estimate of drug-likeness (QED) is 0.628. The van der Waals surface area contributed by atoms with Gasteiger partial charge in [-0.3, -0.25) is 9.59 Å². The molecule has 0 bridgehead atoms. The van der Waals surface area contributed by atoms with Crippen LogP contribution in [-0.2, 0) is 19.1 Å². The third-order valence-corrected chi connectivity index (χ3v) is 5.54. The van der Waals surface area contributed by atoms with E-state index in [4.69, 9.17) is 28.7 Å². The van der Waals surface area contributed by atoms with Gasteiger partial charge in [0, 0.05) is 26.0 Å². The molecule has 8 atom stereocenters. The lowest BCUT2D eigenvalue weighted by atomic mass is 9.65. The Hall–Kier alpha value is -1.62. The molecule has 1 heterocycles. The highest BCUT2D eigenvalue weighted by atomic mass is 16.5. The van der Waals surface area contributed by atoms with E-state index in [-0.39, 0.29) is 32.1 Å². The average Bonchev–Trinajstić information content (AvgIpc) is 2.86. The van der Waals surface area contributed by atoms with E-state index in [1.807, 2.05) is 0 Å². The van der Waals surface area contributed by atoms with Crippen LogP contribution in [0.5, 0.6) is 0 Å². The molecule has 0 aromatic rings. The molecule has 3 aliphatic rings. The first-order valence-corrected chi connectivity index (χ1v) is 9.89. The summed E-state index contributed by atoms with van der Waals surface area (Å²) in [6, 6.07) is -2.55. The van der Waals surface area contributed by atoms with Gasteiger partial charge in [-0.15, -0.1) is 0 Å². The first kappa shape index (κ1) is 10.1. The maximum Gasteiger partial charge on any atom is 0.308 e. The molecule has 1 aliphatic heterocycles. The first-order chi connectivity index (χ1) is 19.5. The number of allylic oxidation sites excluding steroid dienone is 3. The molecule has 0 radical (unpaired) electrons. The van der Waals surface area contributed by atoms with Gasteiger partial charge in [0.1, 0.15) is 12.2 Å². The van der Waals surface area contributed by atoms with E-state index >= 15 is 0 Å². The van der Waals surface area contributed by atoms with Crippen molar-refractivity contribution >= 4 is 11.9 Å². The Morgan fingerprint density at radius 3 is 3.17 bits per heavy atom. The molecule has 0 aromatic carbocycles. The third kappa shape index (κ3) is 5.30. The Bertz CT molecular complexity index is 1180. The summed E-state index contributed by atoms with van der Waals surface area (Å²) in [4.78, 5) is 25.3. The number of esters is 2. The zero-order valence-corrected chi connectivity index (χ0v) is 16.5. The largest absolute Gasteiger partial charge is 0.462 e. The summed E-state index contributed by atoms with van der Waals surface area (Å²) in [6.07, 6.45) is -7.62. The number of carbonyl (C=O) groups is 2. The van der Waals surface area contributed by atoms with Crippen LogP contribution in [0.25, 0.3) is 0 Å². The fourth-order valence-corrected chi connectivity index (χ4v) is 3.95. The monoisotopic (exact) mass is 418 g/mol. The summed E-state index contributed by atoms with van der Waals surface area (Å²) in [5, 5.41) is 4.55. The van der Waals surface area contributed by atoms with Crippen LogP contribution in [0.1, 0.15) is 83.8 Å². The van der Waals surface area contributed by atoms with E-state index in [1.54, 1.807) is 0 Å². The van der Waals surface area contributed by atoms with Crippen molar-refractivity contribution in [2.24, 2.45) is 29.5 Å². The second-order valence-electron chi connectivity index (χ2n) is 7.69. The van der Waals surface area contributed by atoms with Crippen LogP contribution in [0.3, 0.4) is 0 Å². The number of aliphatic hydroxyl groups excluding tert-OH is 1. The van der Waals surface area contributed by atoms with Crippen LogP contribution in [-0.4, -0.2) is 36.8 Å². The van der Waals surface area contributed by atoms with Gasteiger partial charge in [-0.2, -0.15) is 0 Å². The summed E-state index contributed by atoms with van der Waals surface area (Å²) in [7, 11) is 0. The Labute approximate surface area is 194 Å². The van der Waals surface area contributed by atoms with Crippen LogP contribution in [0.15, 0.2) is 23.7 Å². The lowest BCUT2D eigenvalue weighted by molar-refractivity contribution is -0.162. The van der Waals surface area contributed by atoms with Crippen molar-refractivity contribution in [3.8, 4) is 0 Å². The number of hydrogen-bond acceptors (Lipinski definition) is 5. The van der Waals surface area contributed by atoms with Crippen molar-refractivity contribution in [1.29, 1.82) is 1.43 Å². The number of hydrogen-bond donors (Lipinski definition) is 1. The molecule has 0 saturated carbocycles. The molecule has 3 rings (SSSR count). The summed E-state index contributed by atoms with van der Waals surface area (Å²) in [6.45, 7) is -3.76. The van der Waals surface area contributed by atoms with Gasteiger partial charge in [-0.25, -0.2) is 0 Å². The van der Waals surface area contributed by atoms with Crippen LogP contribution < -0.4 is 0 Å². The van der Waals surface area contributed by atoms with Gasteiger partial charge in [0.15, 0.2) is 0 Å². The van der Waals surface area contributed by atoms with Crippen LogP contribution in [0.4, 0.5) is 0 Å². The molecular weight excluding hydrogens is 368 g/mol. The average molecular weight is 419 g/mol. The molecule has 0 aromatic heterocycles. The highest BCUT2D eigenvalue weighted by molar-refractivity contribution is 5.72. The van der Waals surface area contributed by atoms with Crippen molar-refractivity contribution in [2.45, 2.75) is 84.3 Å². The summed E-state index contributed by atoms with van der Waals surface area (Å²) < 4.78 is 127. The topological polar surface area (TPSA) is 72.8 Å². The third-order valence-electron chi connectivity index (χ3n) is 5.54. The molecular formula is C24H36O5. The molecule has 162 valence electrons. The number of cyclic esters (lactones) is 1. The van der Waals surface area contributed by atoms with Crippen LogP contribution in [0.2, 0.25) is 0 Å². The molecule has 0 spiro atoms. The van der Waals surface area contributed by atoms with Gasteiger partial charge in [0.2, 0.25) is 1.43 Å². The molecule has 1 N–H and O–H groups in total. The van der Waals surface area contributed by atoms with E-state index in [0.717, 1.165) is 0 Å². The highest BCUT2D eigenvalue weighted by Crippen LogP contribution is 2.45. The predicted octanol–water partition coefficient (Wildman–Crippen LogP) is 4.20. The number of ether oxygens (including phenoxy) is 2. The first-order valence-electron chi connectivity index (χ1n) is 16.8. The summed E-state index contributed by atoms with van der Waals surface area (Å²) in [5.41, 5.74) is -0.547. The Morgan fingerprint density at radius 2 is 2.45 bits per heavy atom. The molecule has 1 fully saturated rings. The highest BCUT2D eigenvalue weighted by Gasteiger charge is 2.42. The van der Waals surface area contributed by atoms with Gasteiger partial charge in [0.25, 0.3) is 0 Å². The van der Waals surface area contributed by atoms with Crippen LogP contribution >= 0.6 is 0 Å². The maximum atomic E-state index is 13.3. The second kappa shape index (κ2) is 9.46. The number of rotatable bonds is 7. The normalized spacial score (nSPS) is 53.6. The van der Waals surface area contributed by atoms with Gasteiger partial charge in [-0.1, -0.05) is 45.7 Å². The standard InChI is InChI=1S/C24H36O5/c1-5-15(3)24(27)29-21-11-14(2)10-17-7-6-16(4)20(23(17)21)9-8-19-12-18(25)13-22(26)28-19/h6-7,10,14-16,18-21,23,25H,5,8-9,11-13H2,1-4H3/t14-,15-,16-,18+,19?,20-,21?,23-/m0/s1/i2D3,3D3,6D,7D,10D,11D2,14D,16D,25D. The van der Waals surface area contributed by atoms with Gasteiger partial charge in [-0.05, 0) is 48.9 Å². The fourth-order valence-electron chi connectivity index (χ4n) is 3.95. The van der Waals surface area contributed by atoms with E-state index < -0.39 is 104 Å². The number of carbonyl (C=O) groups excluding carboxylic acids is 2. The van der Waals surface area contributed by atoms with Crippen molar-refractivity contribution in [2.75, 3.05) is 0 Å². The second-order valence-corrected chi connectivity index (χ2v) is 7.69. The van der Waals surface area contributed by atoms with E-state index in [0.29, 0.717) is 0 Å². The molecule has 1 saturated heterocycles. The van der Waals surface area contributed by atoms with E-state index in [2.05, 4.69) is 5.11 Å².